The fourth-order valence-corrected chi connectivity index (χ4v) is 3.65. The molecule has 1 fully saturated rings. The number of pyridine rings is 1. The summed E-state index contributed by atoms with van der Waals surface area (Å²) in [6, 6.07) is 5.93. The van der Waals surface area contributed by atoms with Gasteiger partial charge in [0, 0.05) is 25.6 Å². The van der Waals surface area contributed by atoms with E-state index < -0.39 is 0 Å². The van der Waals surface area contributed by atoms with Crippen LogP contribution in [-0.2, 0) is 14.3 Å². The number of thiazole rings is 1. The highest BCUT2D eigenvalue weighted by Gasteiger charge is 2.23. The smallest absolute Gasteiger partial charge is 0.228 e. The van der Waals surface area contributed by atoms with E-state index in [0.29, 0.717) is 18.2 Å². The van der Waals surface area contributed by atoms with E-state index in [1.807, 2.05) is 23.6 Å². The van der Waals surface area contributed by atoms with Gasteiger partial charge in [0.1, 0.15) is 11.5 Å². The van der Waals surface area contributed by atoms with Crippen molar-refractivity contribution >= 4 is 28.2 Å². The number of morpholine rings is 1. The van der Waals surface area contributed by atoms with Crippen LogP contribution >= 0.6 is 11.3 Å². The predicted molar refractivity (Wildman–Crippen MR) is 103 cm³/mol. The zero-order chi connectivity index (χ0) is 18.5. The Morgan fingerprint density at radius 2 is 2.08 bits per heavy atom. The van der Waals surface area contributed by atoms with Crippen LogP contribution in [0, 0.1) is 0 Å². The highest BCUT2D eigenvalue weighted by Crippen LogP contribution is 2.26. The summed E-state index contributed by atoms with van der Waals surface area (Å²) in [7, 11) is 1.57. The first-order chi connectivity index (χ1) is 12.5. The highest BCUT2D eigenvalue weighted by atomic mass is 32.1. The molecule has 1 amide bonds. The lowest BCUT2D eigenvalue weighted by Crippen LogP contribution is -2.45. The van der Waals surface area contributed by atoms with Crippen molar-refractivity contribution in [1.82, 2.24) is 9.97 Å². The topological polar surface area (TPSA) is 76.6 Å². The van der Waals surface area contributed by atoms with Crippen molar-refractivity contribution in [3.8, 4) is 11.4 Å². The van der Waals surface area contributed by atoms with Crippen LogP contribution in [0.1, 0.15) is 20.3 Å². The lowest BCUT2D eigenvalue weighted by atomic mass is 10.2. The van der Waals surface area contributed by atoms with Gasteiger partial charge in [0.15, 0.2) is 5.13 Å². The molecule has 2 aromatic heterocycles. The molecule has 8 heteroatoms. The maximum atomic E-state index is 11.8. The molecule has 3 heterocycles. The molecule has 2 atom stereocenters. The molecule has 1 aliphatic heterocycles. The number of anilines is 2. The third kappa shape index (κ3) is 4.78. The minimum Gasteiger partial charge on any atom is -0.384 e. The zero-order valence-electron chi connectivity index (χ0n) is 15.3. The van der Waals surface area contributed by atoms with Crippen molar-refractivity contribution in [2.24, 2.45) is 0 Å². The second-order valence-electron chi connectivity index (χ2n) is 6.37. The van der Waals surface area contributed by atoms with E-state index in [9.17, 15) is 4.79 Å². The molecule has 0 aliphatic carbocycles. The van der Waals surface area contributed by atoms with E-state index in [0.717, 1.165) is 30.3 Å². The van der Waals surface area contributed by atoms with E-state index in [-0.39, 0.29) is 18.1 Å². The van der Waals surface area contributed by atoms with Gasteiger partial charge in [0.2, 0.25) is 5.91 Å². The van der Waals surface area contributed by atoms with E-state index in [1.54, 1.807) is 7.11 Å². The monoisotopic (exact) mass is 376 g/mol. The van der Waals surface area contributed by atoms with Gasteiger partial charge in [-0.15, -0.1) is 11.3 Å². The number of nitrogens with zero attached hydrogens (tertiary/aromatic N) is 3. The molecule has 3 rings (SSSR count). The van der Waals surface area contributed by atoms with Gasteiger partial charge >= 0.3 is 0 Å². The summed E-state index contributed by atoms with van der Waals surface area (Å²) in [5.41, 5.74) is 1.55. The molecule has 1 saturated heterocycles. The number of methoxy groups -OCH3 is 1. The van der Waals surface area contributed by atoms with E-state index in [1.165, 1.54) is 11.3 Å². The molecule has 0 radical (unpaired) electrons. The van der Waals surface area contributed by atoms with Crippen LogP contribution in [0.15, 0.2) is 23.6 Å². The normalized spacial score (nSPS) is 20.2. The first-order valence-electron chi connectivity index (χ1n) is 8.67. The van der Waals surface area contributed by atoms with E-state index in [2.05, 4.69) is 29.0 Å². The molecule has 2 aromatic rings. The number of rotatable bonds is 6. The molecule has 0 spiro atoms. The number of carbonyl (C=O) groups excluding carboxylic acids is 1. The van der Waals surface area contributed by atoms with Gasteiger partial charge < -0.3 is 19.7 Å². The quantitative estimate of drug-likeness (QED) is 0.835. The number of hydrogen-bond donors (Lipinski definition) is 1. The van der Waals surface area contributed by atoms with Crippen LogP contribution in [0.4, 0.5) is 10.9 Å². The molecule has 1 aliphatic rings. The second-order valence-corrected chi connectivity index (χ2v) is 7.23. The summed E-state index contributed by atoms with van der Waals surface area (Å²) in [5, 5.41) is 5.27. The molecule has 0 aromatic carbocycles. The highest BCUT2D eigenvalue weighted by molar-refractivity contribution is 7.14. The van der Waals surface area contributed by atoms with Crippen LogP contribution < -0.4 is 10.2 Å². The van der Waals surface area contributed by atoms with Crippen molar-refractivity contribution in [2.75, 3.05) is 37.0 Å². The first kappa shape index (κ1) is 18.8. The number of ether oxygens (including phenoxy) is 2. The molecular weight excluding hydrogens is 352 g/mol. The number of carbonyl (C=O) groups is 1. The fourth-order valence-electron chi connectivity index (χ4n) is 2.93. The van der Waals surface area contributed by atoms with Gasteiger partial charge in [-0.2, -0.15) is 0 Å². The third-order valence-corrected chi connectivity index (χ3v) is 4.78. The Hall–Kier alpha value is -2.03. The molecule has 26 heavy (non-hydrogen) atoms. The zero-order valence-corrected chi connectivity index (χ0v) is 16.1. The Balaban J connectivity index is 1.71. The molecule has 1 N–H and O–H groups in total. The van der Waals surface area contributed by atoms with Crippen molar-refractivity contribution in [2.45, 2.75) is 32.5 Å². The van der Waals surface area contributed by atoms with Gasteiger partial charge in [0.25, 0.3) is 0 Å². The Kier molecular flexibility index (Phi) is 6.18. The third-order valence-electron chi connectivity index (χ3n) is 4.02. The average Bonchev–Trinajstić information content (AvgIpc) is 3.08. The predicted octanol–water partition coefficient (Wildman–Crippen LogP) is 2.79. The summed E-state index contributed by atoms with van der Waals surface area (Å²) in [6.45, 7) is 6.18. The van der Waals surface area contributed by atoms with Gasteiger partial charge in [-0.1, -0.05) is 6.07 Å². The molecule has 0 unspecified atom stereocenters. The largest absolute Gasteiger partial charge is 0.384 e. The van der Waals surface area contributed by atoms with Gasteiger partial charge in [0.05, 0.1) is 30.9 Å². The summed E-state index contributed by atoms with van der Waals surface area (Å²) in [6.07, 6.45) is 0.668. The van der Waals surface area contributed by atoms with Gasteiger partial charge in [-0.05, 0) is 26.0 Å². The van der Waals surface area contributed by atoms with Crippen LogP contribution in [0.3, 0.4) is 0 Å². The lowest BCUT2D eigenvalue weighted by Gasteiger charge is -2.36. The minimum atomic E-state index is -0.106. The maximum absolute atomic E-state index is 11.8. The van der Waals surface area contributed by atoms with E-state index in [4.69, 9.17) is 14.5 Å². The Morgan fingerprint density at radius 3 is 2.81 bits per heavy atom. The van der Waals surface area contributed by atoms with E-state index >= 15 is 0 Å². The standard InChI is InChI=1S/C18H24N4O3S/c1-12-9-22(10-13(2)25-12)16-6-4-5-14(19-16)15-11-26-18(20-15)21-17(23)7-8-24-3/h4-6,11-13H,7-10H2,1-3H3,(H,20,21,23)/t12-,13+. The molecule has 0 saturated carbocycles. The van der Waals surface area contributed by atoms with Crippen LogP contribution in [0.25, 0.3) is 11.4 Å². The fraction of sp³-hybridized carbons (Fsp3) is 0.500. The molecular formula is C18H24N4O3S. The Labute approximate surface area is 157 Å². The van der Waals surface area contributed by atoms with Crippen molar-refractivity contribution in [1.29, 1.82) is 0 Å². The number of aromatic nitrogens is 2. The Morgan fingerprint density at radius 1 is 1.31 bits per heavy atom. The lowest BCUT2D eigenvalue weighted by molar-refractivity contribution is -0.117. The summed E-state index contributed by atoms with van der Waals surface area (Å²) in [4.78, 5) is 23.3. The van der Waals surface area contributed by atoms with Gasteiger partial charge in [-0.25, -0.2) is 9.97 Å². The SMILES string of the molecule is COCCC(=O)Nc1nc(-c2cccc(N3C[C@@H](C)O[C@@H](C)C3)n2)cs1. The van der Waals surface area contributed by atoms with Crippen molar-refractivity contribution in [3.63, 3.8) is 0 Å². The summed E-state index contributed by atoms with van der Waals surface area (Å²) < 4.78 is 10.7. The number of hydrogen-bond acceptors (Lipinski definition) is 7. The van der Waals surface area contributed by atoms with Crippen molar-refractivity contribution in [3.05, 3.63) is 23.6 Å². The molecule has 7 nitrogen and oxygen atoms in total. The average molecular weight is 376 g/mol. The van der Waals surface area contributed by atoms with Crippen LogP contribution in [0.5, 0.6) is 0 Å². The van der Waals surface area contributed by atoms with Gasteiger partial charge in [-0.3, -0.25) is 4.79 Å². The number of amides is 1. The minimum absolute atomic E-state index is 0.106. The summed E-state index contributed by atoms with van der Waals surface area (Å²) >= 11 is 1.39. The molecule has 0 bridgehead atoms. The van der Waals surface area contributed by atoms with Crippen LogP contribution in [-0.4, -0.2) is 54.9 Å². The first-order valence-corrected chi connectivity index (χ1v) is 9.55. The number of nitrogens with one attached hydrogen (secondary N) is 1. The maximum Gasteiger partial charge on any atom is 0.228 e. The van der Waals surface area contributed by atoms with Crippen molar-refractivity contribution < 1.29 is 14.3 Å². The summed E-state index contributed by atoms with van der Waals surface area (Å²) in [5.74, 6) is 0.814. The molecule has 140 valence electrons. The second kappa shape index (κ2) is 8.57. The Bertz CT molecular complexity index is 742. The van der Waals surface area contributed by atoms with Crippen LogP contribution in [0.2, 0.25) is 0 Å².